The summed E-state index contributed by atoms with van der Waals surface area (Å²) in [5.74, 6) is 1.36. The van der Waals surface area contributed by atoms with Gasteiger partial charge in [-0.2, -0.15) is 0 Å². The molecule has 1 aliphatic carbocycles. The van der Waals surface area contributed by atoms with Crippen molar-refractivity contribution >= 4 is 22.6 Å². The van der Waals surface area contributed by atoms with Gasteiger partial charge in [-0.25, -0.2) is 4.98 Å². The first-order chi connectivity index (χ1) is 8.39. The molecule has 1 aromatic rings. The van der Waals surface area contributed by atoms with Crippen LogP contribution in [0, 0.1) is 3.57 Å². The van der Waals surface area contributed by atoms with E-state index in [0.29, 0.717) is 5.92 Å². The molecule has 0 aliphatic heterocycles. The maximum atomic E-state index is 12.0. The Kier molecular flexibility index (Phi) is 4.14. The van der Waals surface area contributed by atoms with E-state index in [9.17, 15) is 4.79 Å². The summed E-state index contributed by atoms with van der Waals surface area (Å²) >= 11 is 2.11. The van der Waals surface area contributed by atoms with E-state index < -0.39 is 0 Å². The van der Waals surface area contributed by atoms with Gasteiger partial charge in [0.2, 0.25) is 0 Å². The van der Waals surface area contributed by atoms with E-state index in [-0.39, 0.29) is 11.0 Å². The van der Waals surface area contributed by atoms with Crippen molar-refractivity contribution in [2.75, 3.05) is 0 Å². The minimum absolute atomic E-state index is 0.0242. The summed E-state index contributed by atoms with van der Waals surface area (Å²) in [4.78, 5) is 19.8. The van der Waals surface area contributed by atoms with Crippen LogP contribution in [0.25, 0.3) is 0 Å². The van der Waals surface area contributed by atoms with Gasteiger partial charge in [0.25, 0.3) is 5.56 Å². The van der Waals surface area contributed by atoms with Crippen LogP contribution in [0.1, 0.15) is 70.3 Å². The molecular weight excluding hydrogens is 339 g/mol. The minimum atomic E-state index is -0.0752. The summed E-state index contributed by atoms with van der Waals surface area (Å²) < 4.78 is 0.736. The molecule has 1 aliphatic rings. The fourth-order valence-electron chi connectivity index (χ4n) is 2.54. The lowest BCUT2D eigenvalue weighted by atomic mass is 9.87. The van der Waals surface area contributed by atoms with E-state index in [1.54, 1.807) is 0 Å². The smallest absolute Gasteiger partial charge is 0.264 e. The molecule has 0 radical (unpaired) electrons. The monoisotopic (exact) mass is 360 g/mol. The van der Waals surface area contributed by atoms with Crippen molar-refractivity contribution in [1.82, 2.24) is 9.97 Å². The van der Waals surface area contributed by atoms with Crippen LogP contribution in [0.5, 0.6) is 0 Å². The fraction of sp³-hybridized carbons (Fsp3) is 0.714. The molecule has 1 saturated carbocycles. The first-order valence-electron chi connectivity index (χ1n) is 6.70. The third-order valence-corrected chi connectivity index (χ3v) is 4.58. The molecule has 0 atom stereocenters. The number of hydrogen-bond donors (Lipinski definition) is 1. The topological polar surface area (TPSA) is 45.8 Å². The van der Waals surface area contributed by atoms with E-state index >= 15 is 0 Å². The van der Waals surface area contributed by atoms with Crippen LogP contribution in [0.15, 0.2) is 4.79 Å². The number of rotatable bonds is 1. The number of H-pyrrole nitrogens is 1. The van der Waals surface area contributed by atoms with Crippen molar-refractivity contribution in [3.63, 3.8) is 0 Å². The summed E-state index contributed by atoms with van der Waals surface area (Å²) in [7, 11) is 0. The van der Waals surface area contributed by atoms with Gasteiger partial charge in [0.15, 0.2) is 0 Å². The molecule has 18 heavy (non-hydrogen) atoms. The quantitative estimate of drug-likeness (QED) is 0.776. The maximum absolute atomic E-state index is 12.0. The van der Waals surface area contributed by atoms with Gasteiger partial charge in [-0.05, 0) is 35.4 Å². The lowest BCUT2D eigenvalue weighted by Crippen LogP contribution is -2.27. The molecule has 2 rings (SSSR count). The average Bonchev–Trinajstić information content (AvgIpc) is 2.32. The molecule has 1 aromatic heterocycles. The number of nitrogens with one attached hydrogen (secondary N) is 1. The van der Waals surface area contributed by atoms with Gasteiger partial charge in [0, 0.05) is 11.3 Å². The highest BCUT2D eigenvalue weighted by atomic mass is 127. The Morgan fingerprint density at radius 2 is 1.83 bits per heavy atom. The molecule has 1 N–H and O–H groups in total. The zero-order chi connectivity index (χ0) is 13.3. The molecule has 0 unspecified atom stereocenters. The fourth-order valence-corrected chi connectivity index (χ4v) is 3.61. The summed E-state index contributed by atoms with van der Waals surface area (Å²) in [5.41, 5.74) is 0.886. The Balaban J connectivity index is 2.44. The largest absolute Gasteiger partial charge is 0.309 e. The summed E-state index contributed by atoms with van der Waals surface area (Å²) in [6, 6.07) is 0. The van der Waals surface area contributed by atoms with Crippen LogP contribution in [-0.4, -0.2) is 9.97 Å². The van der Waals surface area contributed by atoms with E-state index in [4.69, 9.17) is 4.98 Å². The molecular formula is C14H21IN2O. The molecule has 0 spiro atoms. The number of aromatic amines is 1. The molecule has 3 nitrogen and oxygen atoms in total. The van der Waals surface area contributed by atoms with E-state index in [1.807, 2.05) is 0 Å². The molecule has 0 saturated heterocycles. The lowest BCUT2D eigenvalue weighted by molar-refractivity contribution is 0.423. The maximum Gasteiger partial charge on any atom is 0.264 e. The zero-order valence-corrected chi connectivity index (χ0v) is 13.5. The Morgan fingerprint density at radius 3 is 2.39 bits per heavy atom. The second-order valence-corrected chi connectivity index (χ2v) is 7.28. The van der Waals surface area contributed by atoms with Gasteiger partial charge in [0.1, 0.15) is 9.39 Å². The van der Waals surface area contributed by atoms with Crippen molar-refractivity contribution in [2.24, 2.45) is 0 Å². The summed E-state index contributed by atoms with van der Waals surface area (Å²) in [5, 5.41) is 0. The molecule has 1 heterocycles. The third kappa shape index (κ3) is 2.95. The predicted molar refractivity (Wildman–Crippen MR) is 82.1 cm³/mol. The number of hydrogen-bond acceptors (Lipinski definition) is 2. The SMILES string of the molecule is CC(C)(C)c1nc(C2CCCCC2)[nH]c(=O)c1I. The van der Waals surface area contributed by atoms with Gasteiger partial charge < -0.3 is 4.98 Å². The lowest BCUT2D eigenvalue weighted by Gasteiger charge is -2.24. The molecule has 0 amide bonds. The van der Waals surface area contributed by atoms with E-state index in [1.165, 1.54) is 19.3 Å². The Labute approximate surface area is 122 Å². The van der Waals surface area contributed by atoms with Crippen LogP contribution in [-0.2, 0) is 5.41 Å². The van der Waals surface area contributed by atoms with Crippen molar-refractivity contribution < 1.29 is 0 Å². The molecule has 0 aromatic carbocycles. The van der Waals surface area contributed by atoms with Crippen LogP contribution in [0.4, 0.5) is 0 Å². The number of aromatic nitrogens is 2. The molecule has 0 bridgehead atoms. The highest BCUT2D eigenvalue weighted by Crippen LogP contribution is 2.32. The zero-order valence-electron chi connectivity index (χ0n) is 11.3. The number of nitrogens with zero attached hydrogens (tertiary/aromatic N) is 1. The summed E-state index contributed by atoms with van der Waals surface area (Å²) in [6.45, 7) is 6.34. The van der Waals surface area contributed by atoms with Crippen molar-refractivity contribution in [1.29, 1.82) is 0 Å². The number of halogens is 1. The molecule has 100 valence electrons. The Bertz CT molecular complexity index is 482. The molecule has 1 fully saturated rings. The highest BCUT2D eigenvalue weighted by Gasteiger charge is 2.25. The van der Waals surface area contributed by atoms with Gasteiger partial charge >= 0.3 is 0 Å². The van der Waals surface area contributed by atoms with Crippen molar-refractivity contribution in [2.45, 2.75) is 64.2 Å². The van der Waals surface area contributed by atoms with Gasteiger partial charge in [-0.1, -0.05) is 40.0 Å². The predicted octanol–water partition coefficient (Wildman–Crippen LogP) is 3.72. The first kappa shape index (κ1) is 14.0. The second kappa shape index (κ2) is 5.31. The van der Waals surface area contributed by atoms with Crippen LogP contribution in [0.2, 0.25) is 0 Å². The van der Waals surface area contributed by atoms with E-state index in [0.717, 1.165) is 27.9 Å². The second-order valence-electron chi connectivity index (χ2n) is 6.20. The Hall–Kier alpha value is -0.390. The normalized spacial score (nSPS) is 18.0. The van der Waals surface area contributed by atoms with Crippen molar-refractivity contribution in [3.8, 4) is 0 Å². The average molecular weight is 360 g/mol. The molecule has 4 heteroatoms. The van der Waals surface area contributed by atoms with E-state index in [2.05, 4.69) is 48.3 Å². The summed E-state index contributed by atoms with van der Waals surface area (Å²) in [6.07, 6.45) is 6.15. The highest BCUT2D eigenvalue weighted by molar-refractivity contribution is 14.1. The van der Waals surface area contributed by atoms with Gasteiger partial charge in [-0.15, -0.1) is 0 Å². The third-order valence-electron chi connectivity index (χ3n) is 3.58. The Morgan fingerprint density at radius 1 is 1.22 bits per heavy atom. The van der Waals surface area contributed by atoms with Crippen LogP contribution < -0.4 is 5.56 Å². The standard InChI is InChI=1S/C14H21IN2O/c1-14(2,3)11-10(15)13(18)17-12(16-11)9-7-5-4-6-8-9/h9H,4-8H2,1-3H3,(H,16,17,18). The van der Waals surface area contributed by atoms with Crippen molar-refractivity contribution in [3.05, 3.63) is 25.4 Å². The first-order valence-corrected chi connectivity index (χ1v) is 7.77. The van der Waals surface area contributed by atoms with Crippen LogP contribution in [0.3, 0.4) is 0 Å². The minimum Gasteiger partial charge on any atom is -0.309 e. The van der Waals surface area contributed by atoms with Crippen LogP contribution >= 0.6 is 22.6 Å². The van der Waals surface area contributed by atoms with Gasteiger partial charge in [0.05, 0.1) is 5.69 Å². The van der Waals surface area contributed by atoms with Gasteiger partial charge in [-0.3, -0.25) is 4.79 Å².